The molecular weight excluding hydrogens is 359 g/mol. The molecule has 2 aromatic rings. The molecule has 1 fully saturated rings. The smallest absolute Gasteiger partial charge is 0.254 e. The molecule has 0 bridgehead atoms. The quantitative estimate of drug-likeness (QED) is 0.828. The van der Waals surface area contributed by atoms with Crippen molar-refractivity contribution >= 4 is 34.9 Å². The van der Waals surface area contributed by atoms with Crippen LogP contribution in [0.1, 0.15) is 32.7 Å². The first-order valence-electron chi connectivity index (χ1n) is 8.09. The number of amides is 1. The number of carbonyl (C=O) groups is 2. The van der Waals surface area contributed by atoms with Crippen LogP contribution < -0.4 is 5.73 Å². The Labute approximate surface area is 156 Å². The van der Waals surface area contributed by atoms with Gasteiger partial charge in [-0.05, 0) is 43.1 Å². The minimum absolute atomic E-state index is 0.139. The van der Waals surface area contributed by atoms with Crippen LogP contribution in [-0.4, -0.2) is 36.2 Å². The van der Waals surface area contributed by atoms with Crippen molar-refractivity contribution in [1.82, 2.24) is 4.90 Å². The van der Waals surface area contributed by atoms with E-state index >= 15 is 0 Å². The largest absolute Gasteiger partial charge is 0.338 e. The predicted octanol–water partition coefficient (Wildman–Crippen LogP) is 3.65. The standard InChI is InChI=1S/C19H18Cl2N2O2/c20-16-6-5-13(9-17(16)21)18(24)14-3-1-2-4-15(14)19(25)23-8-7-12(10-22)11-23/h1-6,9,12H,7-8,10-11,22H2. The molecular formula is C19H18Cl2N2O2. The lowest BCUT2D eigenvalue weighted by atomic mass is 9.97. The van der Waals surface area contributed by atoms with E-state index in [0.29, 0.717) is 52.3 Å². The molecule has 0 saturated carbocycles. The fourth-order valence-corrected chi connectivity index (χ4v) is 3.34. The first-order valence-corrected chi connectivity index (χ1v) is 8.85. The first-order chi connectivity index (χ1) is 12.0. The molecule has 3 rings (SSSR count). The minimum atomic E-state index is -0.253. The van der Waals surface area contributed by atoms with Gasteiger partial charge in [-0.25, -0.2) is 0 Å². The Morgan fingerprint density at radius 3 is 2.44 bits per heavy atom. The number of ketones is 1. The second-order valence-electron chi connectivity index (χ2n) is 6.15. The number of nitrogens with two attached hydrogens (primary N) is 1. The van der Waals surface area contributed by atoms with Crippen LogP contribution in [0.25, 0.3) is 0 Å². The summed E-state index contributed by atoms with van der Waals surface area (Å²) in [6.45, 7) is 1.86. The topological polar surface area (TPSA) is 63.4 Å². The molecule has 130 valence electrons. The molecule has 6 heteroatoms. The minimum Gasteiger partial charge on any atom is -0.338 e. The van der Waals surface area contributed by atoms with Gasteiger partial charge >= 0.3 is 0 Å². The summed E-state index contributed by atoms with van der Waals surface area (Å²) < 4.78 is 0. The summed E-state index contributed by atoms with van der Waals surface area (Å²) in [5.41, 5.74) is 6.86. The molecule has 1 amide bonds. The molecule has 1 saturated heterocycles. The molecule has 0 aliphatic carbocycles. The molecule has 0 radical (unpaired) electrons. The highest BCUT2D eigenvalue weighted by Gasteiger charge is 2.28. The van der Waals surface area contributed by atoms with Gasteiger partial charge in [-0.15, -0.1) is 0 Å². The first kappa shape index (κ1) is 17.9. The Bertz CT molecular complexity index is 823. The van der Waals surface area contributed by atoms with Gasteiger partial charge in [-0.3, -0.25) is 9.59 Å². The van der Waals surface area contributed by atoms with Gasteiger partial charge in [0.2, 0.25) is 0 Å². The second kappa shape index (κ2) is 7.56. The third-order valence-corrected chi connectivity index (χ3v) is 5.23. The number of rotatable bonds is 4. The van der Waals surface area contributed by atoms with Crippen molar-refractivity contribution in [3.63, 3.8) is 0 Å². The van der Waals surface area contributed by atoms with Crippen molar-refractivity contribution in [2.24, 2.45) is 11.7 Å². The molecule has 2 aromatic carbocycles. The van der Waals surface area contributed by atoms with Gasteiger partial charge in [-0.2, -0.15) is 0 Å². The van der Waals surface area contributed by atoms with Crippen molar-refractivity contribution in [1.29, 1.82) is 0 Å². The fourth-order valence-electron chi connectivity index (χ4n) is 3.04. The summed E-state index contributed by atoms with van der Waals surface area (Å²) in [6.07, 6.45) is 0.894. The van der Waals surface area contributed by atoms with Gasteiger partial charge < -0.3 is 10.6 Å². The van der Waals surface area contributed by atoms with E-state index in [0.717, 1.165) is 6.42 Å². The lowest BCUT2D eigenvalue weighted by molar-refractivity contribution is 0.0783. The summed E-state index contributed by atoms with van der Waals surface area (Å²) in [7, 11) is 0. The molecule has 25 heavy (non-hydrogen) atoms. The highest BCUT2D eigenvalue weighted by molar-refractivity contribution is 6.42. The maximum absolute atomic E-state index is 12.9. The third kappa shape index (κ3) is 3.71. The Hall–Kier alpha value is -1.88. The number of nitrogens with zero attached hydrogens (tertiary/aromatic N) is 1. The Morgan fingerprint density at radius 1 is 1.08 bits per heavy atom. The van der Waals surface area contributed by atoms with Gasteiger partial charge in [0.25, 0.3) is 5.91 Å². The molecule has 1 atom stereocenters. The summed E-state index contributed by atoms with van der Waals surface area (Å²) >= 11 is 11.9. The van der Waals surface area contributed by atoms with Gasteiger partial charge in [0.15, 0.2) is 5.78 Å². The number of halogens is 2. The summed E-state index contributed by atoms with van der Waals surface area (Å²) in [6, 6.07) is 11.6. The van der Waals surface area contributed by atoms with Gasteiger partial charge in [0.05, 0.1) is 15.6 Å². The number of likely N-dealkylation sites (tertiary alicyclic amines) is 1. The zero-order chi connectivity index (χ0) is 18.0. The Kier molecular flexibility index (Phi) is 5.42. The average Bonchev–Trinajstić information content (AvgIpc) is 3.12. The Morgan fingerprint density at radius 2 is 1.80 bits per heavy atom. The summed E-state index contributed by atoms with van der Waals surface area (Å²) in [5.74, 6) is -0.0704. The number of carbonyl (C=O) groups excluding carboxylic acids is 2. The van der Waals surface area contributed by atoms with Crippen molar-refractivity contribution in [2.45, 2.75) is 6.42 Å². The lowest BCUT2D eigenvalue weighted by Gasteiger charge is -2.18. The van der Waals surface area contributed by atoms with E-state index in [1.54, 1.807) is 41.3 Å². The monoisotopic (exact) mass is 376 g/mol. The van der Waals surface area contributed by atoms with Crippen LogP contribution in [0.5, 0.6) is 0 Å². The van der Waals surface area contributed by atoms with Gasteiger partial charge in [0, 0.05) is 24.2 Å². The maximum Gasteiger partial charge on any atom is 0.254 e. The van der Waals surface area contributed by atoms with Crippen LogP contribution in [0.15, 0.2) is 42.5 Å². The molecule has 1 heterocycles. The summed E-state index contributed by atoms with van der Waals surface area (Å²) in [4.78, 5) is 27.5. The molecule has 0 aromatic heterocycles. The van der Waals surface area contributed by atoms with Crippen molar-refractivity contribution in [3.8, 4) is 0 Å². The predicted molar refractivity (Wildman–Crippen MR) is 99.4 cm³/mol. The SMILES string of the molecule is NCC1CCN(C(=O)c2ccccc2C(=O)c2ccc(Cl)c(Cl)c2)C1. The molecule has 4 nitrogen and oxygen atoms in total. The normalized spacial score (nSPS) is 16.9. The zero-order valence-corrected chi connectivity index (χ0v) is 15.1. The van der Waals surface area contributed by atoms with Crippen LogP contribution in [0.2, 0.25) is 10.0 Å². The third-order valence-electron chi connectivity index (χ3n) is 4.49. The fraction of sp³-hybridized carbons (Fsp3) is 0.263. The van der Waals surface area contributed by atoms with E-state index in [4.69, 9.17) is 28.9 Å². The van der Waals surface area contributed by atoms with Crippen molar-refractivity contribution < 1.29 is 9.59 Å². The average molecular weight is 377 g/mol. The highest BCUT2D eigenvalue weighted by atomic mass is 35.5. The van der Waals surface area contributed by atoms with E-state index in [-0.39, 0.29) is 11.7 Å². The number of hydrogen-bond acceptors (Lipinski definition) is 3. The van der Waals surface area contributed by atoms with Crippen LogP contribution >= 0.6 is 23.2 Å². The van der Waals surface area contributed by atoms with E-state index in [9.17, 15) is 9.59 Å². The summed E-state index contributed by atoms with van der Waals surface area (Å²) in [5, 5.41) is 0.689. The molecule has 2 N–H and O–H groups in total. The van der Waals surface area contributed by atoms with Crippen molar-refractivity contribution in [3.05, 3.63) is 69.2 Å². The number of benzene rings is 2. The van der Waals surface area contributed by atoms with Crippen LogP contribution in [-0.2, 0) is 0 Å². The van der Waals surface area contributed by atoms with E-state index in [2.05, 4.69) is 0 Å². The molecule has 0 spiro atoms. The highest BCUT2D eigenvalue weighted by Crippen LogP contribution is 2.26. The van der Waals surface area contributed by atoms with Gasteiger partial charge in [0.1, 0.15) is 0 Å². The molecule has 1 aliphatic heterocycles. The van der Waals surface area contributed by atoms with Gasteiger partial charge in [-0.1, -0.05) is 41.4 Å². The van der Waals surface area contributed by atoms with E-state index in [1.807, 2.05) is 0 Å². The molecule has 1 aliphatic rings. The number of hydrogen-bond donors (Lipinski definition) is 1. The van der Waals surface area contributed by atoms with Crippen molar-refractivity contribution in [2.75, 3.05) is 19.6 Å². The van der Waals surface area contributed by atoms with Crippen LogP contribution in [0.4, 0.5) is 0 Å². The van der Waals surface area contributed by atoms with E-state index < -0.39 is 0 Å². The zero-order valence-electron chi connectivity index (χ0n) is 13.5. The Balaban J connectivity index is 1.91. The van der Waals surface area contributed by atoms with Crippen LogP contribution in [0.3, 0.4) is 0 Å². The van der Waals surface area contributed by atoms with E-state index in [1.165, 1.54) is 6.07 Å². The van der Waals surface area contributed by atoms with Crippen LogP contribution in [0, 0.1) is 5.92 Å². The maximum atomic E-state index is 12.9. The lowest BCUT2D eigenvalue weighted by Crippen LogP contribution is -2.31. The molecule has 1 unspecified atom stereocenters. The second-order valence-corrected chi connectivity index (χ2v) is 6.96.